The number of amides is 3. The average Bonchev–Trinajstić information content (AvgIpc) is 2.69. The number of nitrogens with one attached hydrogen (secondary N) is 3. The molecule has 0 saturated carbocycles. The highest BCUT2D eigenvalue weighted by Gasteiger charge is 2.28. The van der Waals surface area contributed by atoms with Gasteiger partial charge in [-0.1, -0.05) is 26.0 Å². The van der Waals surface area contributed by atoms with Crippen molar-refractivity contribution in [2.45, 2.75) is 38.4 Å². The number of phenols is 1. The van der Waals surface area contributed by atoms with E-state index < -0.39 is 48.4 Å². The van der Waals surface area contributed by atoms with Crippen LogP contribution in [-0.4, -0.2) is 64.3 Å². The predicted molar refractivity (Wildman–Crippen MR) is 113 cm³/mol. The van der Waals surface area contributed by atoms with Gasteiger partial charge in [-0.15, -0.1) is 0 Å². The molecule has 3 atom stereocenters. The van der Waals surface area contributed by atoms with Crippen LogP contribution in [0.2, 0.25) is 0 Å². The number of nitrogens with two attached hydrogens (primary N) is 1. The number of thiol groups is 1. The van der Waals surface area contributed by atoms with Crippen LogP contribution in [0.1, 0.15) is 19.4 Å². The minimum atomic E-state index is -1.23. The molecule has 7 N–H and O–H groups in total. The SMILES string of the molecule is CC(C)C(NC(=O)CNC(=O)C(N)Cc1ccc(O)cc1)C(=O)NC(CS)C(=O)O. The van der Waals surface area contributed by atoms with Crippen molar-refractivity contribution in [2.75, 3.05) is 12.3 Å². The van der Waals surface area contributed by atoms with Gasteiger partial charge in [-0.3, -0.25) is 14.4 Å². The first-order valence-electron chi connectivity index (χ1n) is 9.29. The van der Waals surface area contributed by atoms with Crippen molar-refractivity contribution < 1.29 is 29.4 Å². The Labute approximate surface area is 180 Å². The maximum Gasteiger partial charge on any atom is 0.327 e. The van der Waals surface area contributed by atoms with Crippen LogP contribution in [0.15, 0.2) is 24.3 Å². The molecule has 0 bridgehead atoms. The number of carboxylic acid groups (broad SMARTS) is 1. The molecule has 1 rings (SSSR count). The molecule has 0 spiro atoms. The number of hydrogen-bond acceptors (Lipinski definition) is 7. The highest BCUT2D eigenvalue weighted by atomic mass is 32.1. The number of aliphatic carboxylic acids is 1. The fourth-order valence-electron chi connectivity index (χ4n) is 2.48. The second-order valence-electron chi connectivity index (χ2n) is 7.07. The number of hydrogen-bond donors (Lipinski definition) is 7. The number of phenolic OH excluding ortho intramolecular Hbond substituents is 1. The van der Waals surface area contributed by atoms with E-state index in [1.807, 2.05) is 0 Å². The Morgan fingerprint density at radius 1 is 1.07 bits per heavy atom. The molecule has 1 aromatic rings. The lowest BCUT2D eigenvalue weighted by Gasteiger charge is -2.23. The van der Waals surface area contributed by atoms with Gasteiger partial charge in [0.1, 0.15) is 17.8 Å². The van der Waals surface area contributed by atoms with Gasteiger partial charge in [0.2, 0.25) is 17.7 Å². The van der Waals surface area contributed by atoms with E-state index in [1.54, 1.807) is 26.0 Å². The average molecular weight is 441 g/mol. The van der Waals surface area contributed by atoms with Gasteiger partial charge in [0.25, 0.3) is 0 Å². The van der Waals surface area contributed by atoms with Crippen LogP contribution in [0.25, 0.3) is 0 Å². The molecule has 3 amide bonds. The maximum atomic E-state index is 12.3. The van der Waals surface area contributed by atoms with Crippen LogP contribution in [0.3, 0.4) is 0 Å². The normalized spacial score (nSPS) is 13.8. The third-order valence-electron chi connectivity index (χ3n) is 4.21. The van der Waals surface area contributed by atoms with E-state index in [2.05, 4.69) is 28.6 Å². The predicted octanol–water partition coefficient (Wildman–Crippen LogP) is -0.982. The zero-order valence-electron chi connectivity index (χ0n) is 16.8. The van der Waals surface area contributed by atoms with Gasteiger partial charge < -0.3 is 31.9 Å². The molecule has 1 aromatic carbocycles. The van der Waals surface area contributed by atoms with E-state index in [0.717, 1.165) is 5.56 Å². The lowest BCUT2D eigenvalue weighted by molar-refractivity contribution is -0.141. The number of carbonyl (C=O) groups excluding carboxylic acids is 3. The third kappa shape index (κ3) is 8.29. The smallest absolute Gasteiger partial charge is 0.327 e. The summed E-state index contributed by atoms with van der Waals surface area (Å²) in [5.74, 6) is -3.39. The molecule has 0 fully saturated rings. The Balaban J connectivity index is 2.56. The molecule has 3 unspecified atom stereocenters. The number of carbonyl (C=O) groups is 4. The zero-order chi connectivity index (χ0) is 22.8. The van der Waals surface area contributed by atoms with Crippen molar-refractivity contribution in [2.24, 2.45) is 11.7 Å². The lowest BCUT2D eigenvalue weighted by atomic mass is 10.0. The van der Waals surface area contributed by atoms with Gasteiger partial charge in [-0.05, 0) is 30.0 Å². The fourth-order valence-corrected chi connectivity index (χ4v) is 2.73. The molecule has 166 valence electrons. The molecule has 0 heterocycles. The lowest BCUT2D eigenvalue weighted by Crippen LogP contribution is -2.56. The highest BCUT2D eigenvalue weighted by Crippen LogP contribution is 2.10. The minimum absolute atomic E-state index is 0.0984. The summed E-state index contributed by atoms with van der Waals surface area (Å²) in [6, 6.07) is 3.16. The molecule has 11 heteroatoms. The first-order valence-corrected chi connectivity index (χ1v) is 9.93. The Morgan fingerprint density at radius 3 is 2.17 bits per heavy atom. The van der Waals surface area contributed by atoms with E-state index in [0.29, 0.717) is 0 Å². The summed E-state index contributed by atoms with van der Waals surface area (Å²) in [6.45, 7) is 2.98. The molecule has 0 radical (unpaired) electrons. The molecule has 0 aromatic heterocycles. The van der Waals surface area contributed by atoms with Gasteiger partial charge in [0.05, 0.1) is 12.6 Å². The van der Waals surface area contributed by atoms with E-state index in [-0.39, 0.29) is 23.8 Å². The zero-order valence-corrected chi connectivity index (χ0v) is 17.7. The maximum absolute atomic E-state index is 12.3. The summed E-state index contributed by atoms with van der Waals surface area (Å²) in [7, 11) is 0. The highest BCUT2D eigenvalue weighted by molar-refractivity contribution is 7.80. The summed E-state index contributed by atoms with van der Waals surface area (Å²) in [5, 5.41) is 25.5. The third-order valence-corrected chi connectivity index (χ3v) is 4.58. The van der Waals surface area contributed by atoms with Gasteiger partial charge >= 0.3 is 5.97 Å². The minimum Gasteiger partial charge on any atom is -0.508 e. The fraction of sp³-hybridized carbons (Fsp3) is 0.474. The molecule has 30 heavy (non-hydrogen) atoms. The molecule has 10 nitrogen and oxygen atoms in total. The summed E-state index contributed by atoms with van der Waals surface area (Å²) in [6.07, 6.45) is 0.213. The van der Waals surface area contributed by atoms with E-state index in [1.165, 1.54) is 12.1 Å². The Kier molecular flexibility index (Phi) is 10.1. The second-order valence-corrected chi connectivity index (χ2v) is 7.43. The van der Waals surface area contributed by atoms with Crippen molar-refractivity contribution in [1.82, 2.24) is 16.0 Å². The summed E-state index contributed by atoms with van der Waals surface area (Å²) in [5.41, 5.74) is 6.58. The Bertz CT molecular complexity index is 756. The molecular formula is C19H28N4O6S. The van der Waals surface area contributed by atoms with Gasteiger partial charge in [-0.25, -0.2) is 4.79 Å². The van der Waals surface area contributed by atoms with E-state index in [9.17, 15) is 24.3 Å². The Morgan fingerprint density at radius 2 is 1.67 bits per heavy atom. The number of carboxylic acids is 1. The van der Waals surface area contributed by atoms with E-state index in [4.69, 9.17) is 10.8 Å². The monoisotopic (exact) mass is 440 g/mol. The first-order chi connectivity index (χ1) is 14.0. The second kappa shape index (κ2) is 12.0. The van der Waals surface area contributed by atoms with Crippen molar-refractivity contribution in [3.05, 3.63) is 29.8 Å². The van der Waals surface area contributed by atoms with Crippen molar-refractivity contribution in [3.63, 3.8) is 0 Å². The molecule has 0 saturated heterocycles. The van der Waals surface area contributed by atoms with Crippen molar-refractivity contribution in [3.8, 4) is 5.75 Å². The summed E-state index contributed by atoms with van der Waals surface area (Å²) < 4.78 is 0. The summed E-state index contributed by atoms with van der Waals surface area (Å²) >= 11 is 3.88. The van der Waals surface area contributed by atoms with Crippen LogP contribution in [0.5, 0.6) is 5.75 Å². The number of benzene rings is 1. The largest absolute Gasteiger partial charge is 0.508 e. The topological polar surface area (TPSA) is 171 Å². The van der Waals surface area contributed by atoms with Crippen LogP contribution in [-0.2, 0) is 25.6 Å². The number of rotatable bonds is 11. The van der Waals surface area contributed by atoms with Crippen LogP contribution >= 0.6 is 12.6 Å². The van der Waals surface area contributed by atoms with Crippen molar-refractivity contribution >= 4 is 36.3 Å². The standard InChI is InChI=1S/C19H28N4O6S/c1-10(2)16(18(27)22-14(9-30)19(28)29)23-15(25)8-21-17(26)13(20)7-11-3-5-12(24)6-4-11/h3-6,10,13-14,16,24,30H,7-9,20H2,1-2H3,(H,21,26)(H,22,27)(H,23,25)(H,28,29). The molecule has 0 aliphatic carbocycles. The number of aromatic hydroxyl groups is 1. The molecule has 0 aliphatic rings. The van der Waals surface area contributed by atoms with Gasteiger partial charge in [-0.2, -0.15) is 12.6 Å². The van der Waals surface area contributed by atoms with Crippen molar-refractivity contribution in [1.29, 1.82) is 0 Å². The summed E-state index contributed by atoms with van der Waals surface area (Å²) in [4.78, 5) is 47.6. The quantitative estimate of drug-likeness (QED) is 0.217. The van der Waals surface area contributed by atoms with Crippen LogP contribution < -0.4 is 21.7 Å². The molecule has 0 aliphatic heterocycles. The van der Waals surface area contributed by atoms with Crippen LogP contribution in [0, 0.1) is 5.92 Å². The Hall–Kier alpha value is -2.79. The van der Waals surface area contributed by atoms with Crippen LogP contribution in [0.4, 0.5) is 0 Å². The van der Waals surface area contributed by atoms with Gasteiger partial charge in [0.15, 0.2) is 0 Å². The van der Waals surface area contributed by atoms with E-state index >= 15 is 0 Å². The van der Waals surface area contributed by atoms with Gasteiger partial charge in [0, 0.05) is 5.75 Å². The molecular weight excluding hydrogens is 412 g/mol. The first kappa shape index (κ1) is 25.2.